The summed E-state index contributed by atoms with van der Waals surface area (Å²) >= 11 is 0. The SMILES string of the molecule is Cc1ccc(OCCCn2c(C3CC(=O)N(c4cccc5ccccc45)C3)nc3ccccc32)cc1. The Bertz CT molecular complexity index is 1530. The molecule has 5 heteroatoms. The molecule has 36 heavy (non-hydrogen) atoms. The van der Waals surface area contributed by atoms with Gasteiger partial charge in [-0.2, -0.15) is 0 Å². The molecule has 1 aliphatic rings. The summed E-state index contributed by atoms with van der Waals surface area (Å²) in [4.78, 5) is 20.2. The van der Waals surface area contributed by atoms with Crippen LogP contribution in [0.5, 0.6) is 5.75 Å². The molecule has 5 nitrogen and oxygen atoms in total. The highest BCUT2D eigenvalue weighted by molar-refractivity contribution is 6.05. The van der Waals surface area contributed by atoms with Gasteiger partial charge in [0.25, 0.3) is 0 Å². The van der Waals surface area contributed by atoms with Crippen LogP contribution in [0.25, 0.3) is 21.8 Å². The van der Waals surface area contributed by atoms with E-state index in [-0.39, 0.29) is 11.8 Å². The average Bonchev–Trinajstić information content (AvgIpc) is 3.47. The maximum Gasteiger partial charge on any atom is 0.227 e. The lowest BCUT2D eigenvalue weighted by molar-refractivity contribution is -0.117. The summed E-state index contributed by atoms with van der Waals surface area (Å²) in [6.07, 6.45) is 1.32. The van der Waals surface area contributed by atoms with Gasteiger partial charge in [0.1, 0.15) is 11.6 Å². The lowest BCUT2D eigenvalue weighted by atomic mass is 10.1. The van der Waals surface area contributed by atoms with Crippen molar-refractivity contribution >= 4 is 33.4 Å². The Morgan fingerprint density at radius 1 is 0.917 bits per heavy atom. The van der Waals surface area contributed by atoms with Crippen molar-refractivity contribution in [3.05, 3.63) is 102 Å². The monoisotopic (exact) mass is 475 g/mol. The van der Waals surface area contributed by atoms with E-state index in [1.165, 1.54) is 5.56 Å². The van der Waals surface area contributed by atoms with E-state index < -0.39 is 0 Å². The molecule has 4 aromatic carbocycles. The number of carbonyl (C=O) groups excluding carboxylic acids is 1. The van der Waals surface area contributed by atoms with Gasteiger partial charge in [0.05, 0.1) is 23.3 Å². The average molecular weight is 476 g/mol. The van der Waals surface area contributed by atoms with Crippen LogP contribution in [0, 0.1) is 6.92 Å². The number of hydrogen-bond acceptors (Lipinski definition) is 3. The predicted octanol–water partition coefficient (Wildman–Crippen LogP) is 6.49. The van der Waals surface area contributed by atoms with Gasteiger partial charge < -0.3 is 14.2 Å². The highest BCUT2D eigenvalue weighted by Gasteiger charge is 2.35. The lowest BCUT2D eigenvalue weighted by Gasteiger charge is -2.19. The Balaban J connectivity index is 1.24. The standard InChI is InChI=1S/C31H29N3O2/c1-22-14-16-25(17-15-22)36-19-7-18-33-29-12-5-4-11-27(29)32-31(33)24-20-30(35)34(21-24)28-13-6-9-23-8-2-3-10-26(23)28/h2-6,8-17,24H,7,18-21H2,1H3. The van der Waals surface area contributed by atoms with Crippen LogP contribution >= 0.6 is 0 Å². The molecule has 1 amide bonds. The molecule has 6 rings (SSSR count). The quantitative estimate of drug-likeness (QED) is 0.253. The Hall–Kier alpha value is -4.12. The van der Waals surface area contributed by atoms with Gasteiger partial charge in [-0.3, -0.25) is 4.79 Å². The molecule has 0 saturated carbocycles. The Kier molecular flexibility index (Phi) is 5.90. The highest BCUT2D eigenvalue weighted by atomic mass is 16.5. The molecular formula is C31H29N3O2. The number of nitrogens with zero attached hydrogens (tertiary/aromatic N) is 3. The molecule has 0 radical (unpaired) electrons. The minimum atomic E-state index is 0.0434. The van der Waals surface area contributed by atoms with Gasteiger partial charge in [0.2, 0.25) is 5.91 Å². The molecule has 0 N–H and O–H groups in total. The fraction of sp³-hybridized carbons (Fsp3) is 0.226. The molecule has 5 aromatic rings. The maximum absolute atomic E-state index is 13.2. The number of rotatable bonds is 7. The number of aromatic nitrogens is 2. The third kappa shape index (κ3) is 4.22. The summed E-state index contributed by atoms with van der Waals surface area (Å²) in [6.45, 7) is 4.13. The zero-order chi connectivity index (χ0) is 24.5. The number of carbonyl (C=O) groups is 1. The summed E-state index contributed by atoms with van der Waals surface area (Å²) in [5, 5.41) is 2.25. The van der Waals surface area contributed by atoms with Gasteiger partial charge in [-0.15, -0.1) is 0 Å². The second kappa shape index (κ2) is 9.50. The maximum atomic E-state index is 13.2. The molecule has 0 aliphatic carbocycles. The first-order chi connectivity index (χ1) is 17.7. The van der Waals surface area contributed by atoms with Crippen molar-refractivity contribution in [2.75, 3.05) is 18.1 Å². The number of imidazole rings is 1. The van der Waals surface area contributed by atoms with E-state index in [1.807, 2.05) is 47.4 Å². The number of amides is 1. The van der Waals surface area contributed by atoms with E-state index >= 15 is 0 Å². The fourth-order valence-electron chi connectivity index (χ4n) is 5.25. The van der Waals surface area contributed by atoms with E-state index in [0.717, 1.165) is 52.0 Å². The summed E-state index contributed by atoms with van der Waals surface area (Å²) < 4.78 is 8.26. The fourth-order valence-corrected chi connectivity index (χ4v) is 5.25. The number of hydrogen-bond donors (Lipinski definition) is 0. The second-order valence-corrected chi connectivity index (χ2v) is 9.53. The van der Waals surface area contributed by atoms with Crippen LogP contribution < -0.4 is 9.64 Å². The molecule has 1 aromatic heterocycles. The van der Waals surface area contributed by atoms with E-state index in [4.69, 9.17) is 9.72 Å². The minimum absolute atomic E-state index is 0.0434. The van der Waals surface area contributed by atoms with Gasteiger partial charge >= 0.3 is 0 Å². The number of para-hydroxylation sites is 2. The van der Waals surface area contributed by atoms with Crippen molar-refractivity contribution in [2.24, 2.45) is 0 Å². The molecule has 180 valence electrons. The van der Waals surface area contributed by atoms with Crippen LogP contribution in [0.1, 0.15) is 30.1 Å². The highest BCUT2D eigenvalue weighted by Crippen LogP contribution is 2.36. The second-order valence-electron chi connectivity index (χ2n) is 9.53. The third-order valence-electron chi connectivity index (χ3n) is 7.05. The van der Waals surface area contributed by atoms with E-state index in [0.29, 0.717) is 19.6 Å². The number of aryl methyl sites for hydroxylation is 2. The molecule has 1 atom stereocenters. The molecule has 0 bridgehead atoms. The predicted molar refractivity (Wildman–Crippen MR) is 145 cm³/mol. The van der Waals surface area contributed by atoms with Crippen molar-refractivity contribution in [1.29, 1.82) is 0 Å². The molecule has 1 unspecified atom stereocenters. The molecule has 1 aliphatic heterocycles. The van der Waals surface area contributed by atoms with Crippen LogP contribution in [0.15, 0.2) is 91.0 Å². The summed E-state index contributed by atoms with van der Waals surface area (Å²) in [5.74, 6) is 2.07. The summed E-state index contributed by atoms with van der Waals surface area (Å²) in [5.41, 5.74) is 4.29. The van der Waals surface area contributed by atoms with Gasteiger partial charge in [0.15, 0.2) is 0 Å². The van der Waals surface area contributed by atoms with Gasteiger partial charge in [-0.1, -0.05) is 66.2 Å². The zero-order valence-corrected chi connectivity index (χ0v) is 20.4. The zero-order valence-electron chi connectivity index (χ0n) is 20.4. The van der Waals surface area contributed by atoms with Crippen molar-refractivity contribution in [1.82, 2.24) is 9.55 Å². The van der Waals surface area contributed by atoms with Crippen molar-refractivity contribution in [3.8, 4) is 5.75 Å². The van der Waals surface area contributed by atoms with E-state index in [2.05, 4.69) is 60.0 Å². The largest absolute Gasteiger partial charge is 0.494 e. The normalized spacial score (nSPS) is 15.8. The molecular weight excluding hydrogens is 446 g/mol. The van der Waals surface area contributed by atoms with Crippen molar-refractivity contribution in [3.63, 3.8) is 0 Å². The van der Waals surface area contributed by atoms with Gasteiger partial charge in [-0.05, 0) is 49.1 Å². The van der Waals surface area contributed by atoms with E-state index in [1.54, 1.807) is 0 Å². The Morgan fingerprint density at radius 2 is 1.69 bits per heavy atom. The third-order valence-corrected chi connectivity index (χ3v) is 7.05. The number of fused-ring (bicyclic) bond motifs is 2. The number of ether oxygens (including phenoxy) is 1. The molecule has 0 spiro atoms. The number of anilines is 1. The first-order valence-electron chi connectivity index (χ1n) is 12.6. The Labute approximate surface area is 210 Å². The first kappa shape index (κ1) is 22.4. The molecule has 2 heterocycles. The van der Waals surface area contributed by atoms with Crippen LogP contribution in [0.4, 0.5) is 5.69 Å². The summed E-state index contributed by atoms with van der Waals surface area (Å²) in [6, 6.07) is 30.8. The van der Waals surface area contributed by atoms with Gasteiger partial charge in [-0.25, -0.2) is 4.98 Å². The molecule has 1 fully saturated rings. The Morgan fingerprint density at radius 3 is 2.58 bits per heavy atom. The minimum Gasteiger partial charge on any atom is -0.494 e. The number of benzene rings is 4. The van der Waals surface area contributed by atoms with Crippen LogP contribution in [0.2, 0.25) is 0 Å². The lowest BCUT2D eigenvalue weighted by Crippen LogP contribution is -2.24. The van der Waals surface area contributed by atoms with Crippen LogP contribution in [-0.2, 0) is 11.3 Å². The van der Waals surface area contributed by atoms with Gasteiger partial charge in [0, 0.05) is 30.8 Å². The van der Waals surface area contributed by atoms with Crippen molar-refractivity contribution < 1.29 is 9.53 Å². The van der Waals surface area contributed by atoms with Crippen molar-refractivity contribution in [2.45, 2.75) is 32.2 Å². The van der Waals surface area contributed by atoms with Crippen LogP contribution in [-0.4, -0.2) is 28.6 Å². The summed E-state index contributed by atoms with van der Waals surface area (Å²) in [7, 11) is 0. The molecule has 1 saturated heterocycles. The smallest absolute Gasteiger partial charge is 0.227 e. The van der Waals surface area contributed by atoms with Crippen LogP contribution in [0.3, 0.4) is 0 Å². The first-order valence-corrected chi connectivity index (χ1v) is 12.6. The van der Waals surface area contributed by atoms with E-state index in [9.17, 15) is 4.79 Å². The topological polar surface area (TPSA) is 47.4 Å².